The Labute approximate surface area is 161 Å². The molecule has 0 saturated carbocycles. The van der Waals surface area contributed by atoms with Gasteiger partial charge in [0.15, 0.2) is 5.13 Å². The number of aromatic amines is 1. The maximum absolute atomic E-state index is 13.1. The number of carbonyl (C=O) groups excluding carboxylic acids is 1. The highest BCUT2D eigenvalue weighted by molar-refractivity contribution is 7.13. The number of nitrogens with zero attached hydrogens (tertiary/aromatic N) is 2. The maximum Gasteiger partial charge on any atom is 0.267 e. The van der Waals surface area contributed by atoms with E-state index in [2.05, 4.69) is 20.2 Å². The highest BCUT2D eigenvalue weighted by Gasteiger charge is 2.22. The van der Waals surface area contributed by atoms with Gasteiger partial charge in [-0.1, -0.05) is 12.1 Å². The van der Waals surface area contributed by atoms with E-state index < -0.39 is 0 Å². The van der Waals surface area contributed by atoms with Gasteiger partial charge in [0.1, 0.15) is 11.5 Å². The Morgan fingerprint density at radius 3 is 2.96 bits per heavy atom. The Morgan fingerprint density at radius 2 is 2.19 bits per heavy atom. The number of halogens is 1. The van der Waals surface area contributed by atoms with E-state index in [-0.39, 0.29) is 11.7 Å². The number of hydrogen-bond acceptors (Lipinski definition) is 4. The lowest BCUT2D eigenvalue weighted by Crippen LogP contribution is -2.41. The van der Waals surface area contributed by atoms with Crippen molar-refractivity contribution in [3.05, 3.63) is 59.6 Å². The molecule has 0 aliphatic carbocycles. The minimum absolute atomic E-state index is 0.116. The number of hydrogen-bond donors (Lipinski definition) is 2. The van der Waals surface area contributed by atoms with Crippen LogP contribution in [0.25, 0.3) is 11.1 Å². The van der Waals surface area contributed by atoms with Crippen LogP contribution in [-0.2, 0) is 0 Å². The second-order valence-electron chi connectivity index (χ2n) is 6.79. The first-order chi connectivity index (χ1) is 13.2. The zero-order chi connectivity index (χ0) is 18.6. The van der Waals surface area contributed by atoms with Crippen LogP contribution >= 0.6 is 11.3 Å². The van der Waals surface area contributed by atoms with Gasteiger partial charge in [-0.2, -0.15) is 0 Å². The molecular weight excluding hydrogens is 363 g/mol. The summed E-state index contributed by atoms with van der Waals surface area (Å²) in [5.41, 5.74) is 2.26. The fourth-order valence-corrected chi connectivity index (χ4v) is 4.12. The second-order valence-corrected chi connectivity index (χ2v) is 7.66. The number of rotatable bonds is 5. The van der Waals surface area contributed by atoms with Gasteiger partial charge in [0.25, 0.3) is 5.91 Å². The van der Waals surface area contributed by atoms with Crippen molar-refractivity contribution in [3.8, 4) is 11.1 Å². The van der Waals surface area contributed by atoms with Gasteiger partial charge >= 0.3 is 0 Å². The molecule has 1 aliphatic rings. The Bertz CT molecular complexity index is 891. The lowest BCUT2D eigenvalue weighted by atomic mass is 9.98. The number of piperidine rings is 1. The van der Waals surface area contributed by atoms with Crippen LogP contribution in [-0.4, -0.2) is 35.5 Å². The predicted molar refractivity (Wildman–Crippen MR) is 106 cm³/mol. The Morgan fingerprint density at radius 1 is 1.33 bits per heavy atom. The van der Waals surface area contributed by atoms with Crippen molar-refractivity contribution in [3.63, 3.8) is 0 Å². The standard InChI is InChI=1S/C20H21FN4OS/c21-17-5-3-15(4-6-17)16-10-18(23-12-16)19(26)24-11-14-2-1-8-25(13-14)20-22-7-9-27-20/h3-7,9-10,12,14,23H,1-2,8,11,13H2,(H,24,26). The molecule has 0 bridgehead atoms. The van der Waals surface area contributed by atoms with Gasteiger partial charge in [-0.25, -0.2) is 9.37 Å². The third-order valence-corrected chi connectivity index (χ3v) is 5.70. The first kappa shape index (κ1) is 17.7. The van der Waals surface area contributed by atoms with E-state index in [0.29, 0.717) is 18.2 Å². The van der Waals surface area contributed by atoms with E-state index >= 15 is 0 Å². The highest BCUT2D eigenvalue weighted by atomic mass is 32.1. The van der Waals surface area contributed by atoms with Crippen LogP contribution in [0.2, 0.25) is 0 Å². The van der Waals surface area contributed by atoms with Gasteiger partial charge in [-0.3, -0.25) is 4.79 Å². The summed E-state index contributed by atoms with van der Waals surface area (Å²) in [6, 6.07) is 8.04. The lowest BCUT2D eigenvalue weighted by Gasteiger charge is -2.32. The first-order valence-electron chi connectivity index (χ1n) is 9.06. The van der Waals surface area contributed by atoms with Gasteiger partial charge < -0.3 is 15.2 Å². The number of H-pyrrole nitrogens is 1. The van der Waals surface area contributed by atoms with Crippen molar-refractivity contribution in [2.45, 2.75) is 12.8 Å². The lowest BCUT2D eigenvalue weighted by molar-refractivity contribution is 0.0941. The van der Waals surface area contributed by atoms with E-state index in [4.69, 9.17) is 0 Å². The largest absolute Gasteiger partial charge is 0.357 e. The zero-order valence-corrected chi connectivity index (χ0v) is 15.6. The predicted octanol–water partition coefficient (Wildman–Crippen LogP) is 3.92. The Kier molecular flexibility index (Phi) is 5.20. The summed E-state index contributed by atoms with van der Waals surface area (Å²) in [6.45, 7) is 2.58. The van der Waals surface area contributed by atoms with E-state index in [1.165, 1.54) is 12.1 Å². The SMILES string of the molecule is O=C(NCC1CCCN(c2nccs2)C1)c1cc(-c2ccc(F)cc2)c[nH]1. The summed E-state index contributed by atoms with van der Waals surface area (Å²) in [5.74, 6) is 0.0272. The van der Waals surface area contributed by atoms with Crippen molar-refractivity contribution in [1.29, 1.82) is 0 Å². The molecule has 7 heteroatoms. The second kappa shape index (κ2) is 7.92. The normalized spacial score (nSPS) is 17.1. The molecule has 1 fully saturated rings. The van der Waals surface area contributed by atoms with Gasteiger partial charge in [0.2, 0.25) is 0 Å². The number of anilines is 1. The minimum Gasteiger partial charge on any atom is -0.357 e. The van der Waals surface area contributed by atoms with Crippen molar-refractivity contribution in [2.75, 3.05) is 24.5 Å². The number of nitrogens with one attached hydrogen (secondary N) is 2. The zero-order valence-electron chi connectivity index (χ0n) is 14.8. The van der Waals surface area contributed by atoms with E-state index in [1.807, 2.05) is 11.6 Å². The molecule has 3 heterocycles. The van der Waals surface area contributed by atoms with Crippen molar-refractivity contribution in [2.24, 2.45) is 5.92 Å². The molecule has 5 nitrogen and oxygen atoms in total. The molecule has 1 aliphatic heterocycles. The van der Waals surface area contributed by atoms with Crippen molar-refractivity contribution in [1.82, 2.24) is 15.3 Å². The van der Waals surface area contributed by atoms with E-state index in [1.54, 1.807) is 35.7 Å². The van der Waals surface area contributed by atoms with Gasteiger partial charge in [0.05, 0.1) is 0 Å². The first-order valence-corrected chi connectivity index (χ1v) is 9.94. The molecular formula is C20H21FN4OS. The summed E-state index contributed by atoms with van der Waals surface area (Å²) in [5, 5.41) is 6.08. The monoisotopic (exact) mass is 384 g/mol. The third kappa shape index (κ3) is 4.19. The number of thiazole rings is 1. The summed E-state index contributed by atoms with van der Waals surface area (Å²) in [6.07, 6.45) is 5.81. The fraction of sp³-hybridized carbons (Fsp3) is 0.300. The highest BCUT2D eigenvalue weighted by Crippen LogP contribution is 2.25. The number of aromatic nitrogens is 2. The van der Waals surface area contributed by atoms with Gasteiger partial charge in [0, 0.05) is 37.4 Å². The Hall–Kier alpha value is -2.67. The van der Waals surface area contributed by atoms with Gasteiger partial charge in [-0.05, 0) is 48.1 Å². The summed E-state index contributed by atoms with van der Waals surface area (Å²) in [4.78, 5) is 22.2. The molecule has 1 atom stereocenters. The molecule has 1 amide bonds. The number of benzene rings is 1. The molecule has 4 rings (SSSR count). The van der Waals surface area contributed by atoms with Crippen molar-refractivity contribution < 1.29 is 9.18 Å². The molecule has 0 spiro atoms. The summed E-state index contributed by atoms with van der Waals surface area (Å²) >= 11 is 1.65. The molecule has 2 N–H and O–H groups in total. The molecule has 3 aromatic rings. The topological polar surface area (TPSA) is 61.0 Å². The van der Waals surface area contributed by atoms with E-state index in [0.717, 1.165) is 42.2 Å². The van der Waals surface area contributed by atoms with Crippen LogP contribution < -0.4 is 10.2 Å². The van der Waals surface area contributed by atoms with Crippen molar-refractivity contribution >= 4 is 22.4 Å². The van der Waals surface area contributed by atoms with Crippen LogP contribution in [0.1, 0.15) is 23.3 Å². The fourth-order valence-electron chi connectivity index (χ4n) is 3.44. The molecule has 140 valence electrons. The average molecular weight is 384 g/mol. The third-order valence-electron chi connectivity index (χ3n) is 4.87. The average Bonchev–Trinajstić information content (AvgIpc) is 3.39. The number of carbonyl (C=O) groups is 1. The van der Waals surface area contributed by atoms with Crippen LogP contribution in [0, 0.1) is 11.7 Å². The molecule has 1 aromatic carbocycles. The molecule has 1 unspecified atom stereocenters. The van der Waals surface area contributed by atoms with Crippen LogP contribution in [0.4, 0.5) is 9.52 Å². The smallest absolute Gasteiger partial charge is 0.267 e. The number of amides is 1. The van der Waals surface area contributed by atoms with Crippen LogP contribution in [0.5, 0.6) is 0 Å². The molecule has 0 radical (unpaired) electrons. The summed E-state index contributed by atoms with van der Waals surface area (Å²) in [7, 11) is 0. The molecule has 2 aromatic heterocycles. The Balaban J connectivity index is 1.33. The molecule has 1 saturated heterocycles. The minimum atomic E-state index is -0.272. The molecule has 27 heavy (non-hydrogen) atoms. The van der Waals surface area contributed by atoms with E-state index in [9.17, 15) is 9.18 Å². The maximum atomic E-state index is 13.1. The summed E-state index contributed by atoms with van der Waals surface area (Å²) < 4.78 is 13.1. The van der Waals surface area contributed by atoms with Crippen LogP contribution in [0.15, 0.2) is 48.1 Å². The van der Waals surface area contributed by atoms with Gasteiger partial charge in [-0.15, -0.1) is 11.3 Å². The quantitative estimate of drug-likeness (QED) is 0.701. The van der Waals surface area contributed by atoms with Crippen LogP contribution in [0.3, 0.4) is 0 Å².